The Kier molecular flexibility index (Phi) is 4.07. The van der Waals surface area contributed by atoms with Crippen molar-refractivity contribution in [3.8, 4) is 5.75 Å². The molecule has 1 unspecified atom stereocenters. The van der Waals surface area contributed by atoms with Crippen LogP contribution in [0.4, 0.5) is 5.69 Å². The molecule has 3 aromatic rings. The molecule has 3 heteroatoms. The standard InChI is InChI=1S/C25H25NO2/c1-16-9-5-6-10-18(16)25(19-11-7-8-12-21(19)26-23(25)28)20-15-17(24(2,3)4)13-14-22(20)27/h5-15,27H,1-4H3,(H,26,28). The largest absolute Gasteiger partial charge is 0.508 e. The second kappa shape index (κ2) is 6.23. The molecule has 0 saturated heterocycles. The van der Waals surface area contributed by atoms with Crippen molar-refractivity contribution in [3.63, 3.8) is 0 Å². The van der Waals surface area contributed by atoms with E-state index in [2.05, 4.69) is 26.1 Å². The number of nitrogens with one attached hydrogen (secondary N) is 1. The van der Waals surface area contributed by atoms with Crippen molar-refractivity contribution >= 4 is 11.6 Å². The summed E-state index contributed by atoms with van der Waals surface area (Å²) < 4.78 is 0. The molecule has 28 heavy (non-hydrogen) atoms. The van der Waals surface area contributed by atoms with E-state index in [1.165, 1.54) is 0 Å². The Morgan fingerprint density at radius 1 is 0.857 bits per heavy atom. The zero-order valence-electron chi connectivity index (χ0n) is 16.7. The number of amides is 1. The summed E-state index contributed by atoms with van der Waals surface area (Å²) in [5, 5.41) is 14.0. The third-order valence-electron chi connectivity index (χ3n) is 5.74. The summed E-state index contributed by atoms with van der Waals surface area (Å²) in [6.45, 7) is 8.40. The number of carbonyl (C=O) groups excluding carboxylic acids is 1. The number of fused-ring (bicyclic) bond motifs is 1. The van der Waals surface area contributed by atoms with E-state index in [4.69, 9.17) is 0 Å². The van der Waals surface area contributed by atoms with E-state index in [-0.39, 0.29) is 17.1 Å². The molecule has 0 fully saturated rings. The minimum atomic E-state index is -1.09. The Hall–Kier alpha value is -3.07. The summed E-state index contributed by atoms with van der Waals surface area (Å²) in [7, 11) is 0. The second-order valence-electron chi connectivity index (χ2n) is 8.55. The van der Waals surface area contributed by atoms with Crippen LogP contribution in [0.25, 0.3) is 0 Å². The molecule has 1 atom stereocenters. The van der Waals surface area contributed by atoms with Crippen LogP contribution < -0.4 is 5.32 Å². The lowest BCUT2D eigenvalue weighted by Crippen LogP contribution is -2.38. The first-order chi connectivity index (χ1) is 13.3. The van der Waals surface area contributed by atoms with Crippen molar-refractivity contribution in [2.24, 2.45) is 0 Å². The average molecular weight is 371 g/mol. The third-order valence-corrected chi connectivity index (χ3v) is 5.74. The minimum absolute atomic E-state index is 0.107. The molecule has 1 aliphatic rings. The molecule has 0 aliphatic carbocycles. The monoisotopic (exact) mass is 371 g/mol. The van der Waals surface area contributed by atoms with Gasteiger partial charge in [0.25, 0.3) is 0 Å². The summed E-state index contributed by atoms with van der Waals surface area (Å²) >= 11 is 0. The predicted octanol–water partition coefficient (Wildman–Crippen LogP) is 5.28. The lowest BCUT2D eigenvalue weighted by Gasteiger charge is -2.32. The highest BCUT2D eigenvalue weighted by Gasteiger charge is 2.51. The molecule has 1 heterocycles. The topological polar surface area (TPSA) is 49.3 Å². The maximum Gasteiger partial charge on any atom is 0.244 e. The van der Waals surface area contributed by atoms with Crippen LogP contribution in [0.15, 0.2) is 66.7 Å². The van der Waals surface area contributed by atoms with Crippen molar-refractivity contribution in [2.45, 2.75) is 38.5 Å². The van der Waals surface area contributed by atoms with Crippen LogP contribution in [-0.4, -0.2) is 11.0 Å². The highest BCUT2D eigenvalue weighted by atomic mass is 16.3. The Bertz CT molecular complexity index is 1080. The zero-order valence-corrected chi connectivity index (χ0v) is 16.7. The van der Waals surface area contributed by atoms with Gasteiger partial charge in [-0.15, -0.1) is 0 Å². The van der Waals surface area contributed by atoms with Crippen LogP contribution in [0.1, 0.15) is 48.6 Å². The number of phenols is 1. The lowest BCUT2D eigenvalue weighted by atomic mass is 9.67. The van der Waals surface area contributed by atoms with Gasteiger partial charge < -0.3 is 10.4 Å². The van der Waals surface area contributed by atoms with Gasteiger partial charge in [-0.1, -0.05) is 69.3 Å². The van der Waals surface area contributed by atoms with E-state index >= 15 is 0 Å². The SMILES string of the molecule is Cc1ccccc1C1(c2cc(C(C)(C)C)ccc2O)C(=O)Nc2ccccc21. The van der Waals surface area contributed by atoms with Crippen LogP contribution in [0.3, 0.4) is 0 Å². The highest BCUT2D eigenvalue weighted by molar-refractivity contribution is 6.12. The van der Waals surface area contributed by atoms with Gasteiger partial charge in [0.05, 0.1) is 0 Å². The molecule has 142 valence electrons. The summed E-state index contributed by atoms with van der Waals surface area (Å²) in [6, 6.07) is 21.3. The zero-order chi connectivity index (χ0) is 20.1. The lowest BCUT2D eigenvalue weighted by molar-refractivity contribution is -0.118. The van der Waals surface area contributed by atoms with Crippen LogP contribution in [-0.2, 0) is 15.6 Å². The molecule has 1 amide bonds. The molecule has 2 N–H and O–H groups in total. The summed E-state index contributed by atoms with van der Waals surface area (Å²) in [5.41, 5.74) is 4.06. The van der Waals surface area contributed by atoms with Crippen LogP contribution in [0.2, 0.25) is 0 Å². The molecule has 4 rings (SSSR count). The molecule has 0 saturated carbocycles. The first-order valence-corrected chi connectivity index (χ1v) is 9.57. The molecule has 3 nitrogen and oxygen atoms in total. The molecule has 0 bridgehead atoms. The van der Waals surface area contributed by atoms with E-state index in [1.54, 1.807) is 6.07 Å². The van der Waals surface area contributed by atoms with Crippen LogP contribution in [0.5, 0.6) is 5.75 Å². The van der Waals surface area contributed by atoms with Crippen molar-refractivity contribution in [1.82, 2.24) is 0 Å². The number of rotatable bonds is 2. The predicted molar refractivity (Wildman–Crippen MR) is 113 cm³/mol. The first-order valence-electron chi connectivity index (χ1n) is 9.57. The van der Waals surface area contributed by atoms with E-state index in [9.17, 15) is 9.90 Å². The Morgan fingerprint density at radius 2 is 1.50 bits per heavy atom. The van der Waals surface area contributed by atoms with Gasteiger partial charge in [-0.2, -0.15) is 0 Å². The molecule has 0 spiro atoms. The normalized spacial score (nSPS) is 18.6. The number of carbonyl (C=O) groups is 1. The second-order valence-corrected chi connectivity index (χ2v) is 8.55. The van der Waals surface area contributed by atoms with Gasteiger partial charge in [0, 0.05) is 16.8 Å². The number of aryl methyl sites for hydroxylation is 1. The number of hydrogen-bond acceptors (Lipinski definition) is 2. The van der Waals surface area contributed by atoms with Gasteiger partial charge in [0.2, 0.25) is 5.91 Å². The summed E-state index contributed by atoms with van der Waals surface area (Å²) in [5.74, 6) is -0.00698. The number of para-hydroxylation sites is 1. The van der Waals surface area contributed by atoms with Crippen molar-refractivity contribution in [1.29, 1.82) is 0 Å². The van der Waals surface area contributed by atoms with Gasteiger partial charge in [-0.05, 0) is 47.2 Å². The number of hydrogen-bond donors (Lipinski definition) is 2. The van der Waals surface area contributed by atoms with Crippen molar-refractivity contribution in [3.05, 3.63) is 94.5 Å². The van der Waals surface area contributed by atoms with E-state index in [0.717, 1.165) is 27.9 Å². The quantitative estimate of drug-likeness (QED) is 0.643. The Morgan fingerprint density at radius 3 is 2.18 bits per heavy atom. The fraction of sp³-hybridized carbons (Fsp3) is 0.240. The Balaban J connectivity index is 2.14. The van der Waals surface area contributed by atoms with Gasteiger partial charge in [-0.25, -0.2) is 0 Å². The highest BCUT2D eigenvalue weighted by Crippen LogP contribution is 2.51. The van der Waals surface area contributed by atoms with E-state index in [1.807, 2.05) is 67.6 Å². The van der Waals surface area contributed by atoms with Gasteiger partial charge in [0.1, 0.15) is 11.2 Å². The Labute approximate surface area is 166 Å². The van der Waals surface area contributed by atoms with E-state index < -0.39 is 5.41 Å². The van der Waals surface area contributed by atoms with Gasteiger partial charge in [-0.3, -0.25) is 4.79 Å². The first kappa shape index (κ1) is 18.3. The molecular weight excluding hydrogens is 346 g/mol. The minimum Gasteiger partial charge on any atom is -0.508 e. The number of phenolic OH excluding ortho intramolecular Hbond substituents is 1. The fourth-order valence-corrected chi connectivity index (χ4v) is 4.23. The van der Waals surface area contributed by atoms with E-state index in [0.29, 0.717) is 5.56 Å². The van der Waals surface area contributed by atoms with Crippen molar-refractivity contribution < 1.29 is 9.90 Å². The average Bonchev–Trinajstić information content (AvgIpc) is 2.94. The fourth-order valence-electron chi connectivity index (χ4n) is 4.23. The van der Waals surface area contributed by atoms with Gasteiger partial charge in [0.15, 0.2) is 0 Å². The van der Waals surface area contributed by atoms with Crippen LogP contribution in [0, 0.1) is 6.92 Å². The van der Waals surface area contributed by atoms with Crippen LogP contribution >= 0.6 is 0 Å². The number of aromatic hydroxyl groups is 1. The molecule has 3 aromatic carbocycles. The maximum atomic E-state index is 13.6. The van der Waals surface area contributed by atoms with Crippen molar-refractivity contribution in [2.75, 3.05) is 5.32 Å². The smallest absolute Gasteiger partial charge is 0.244 e. The maximum absolute atomic E-state index is 13.6. The number of anilines is 1. The molecule has 0 radical (unpaired) electrons. The molecule has 0 aromatic heterocycles. The number of benzene rings is 3. The van der Waals surface area contributed by atoms with Gasteiger partial charge >= 0.3 is 0 Å². The summed E-state index contributed by atoms with van der Waals surface area (Å²) in [4.78, 5) is 13.6. The molecular formula is C25H25NO2. The third kappa shape index (κ3) is 2.54. The summed E-state index contributed by atoms with van der Waals surface area (Å²) in [6.07, 6.45) is 0. The molecule has 1 aliphatic heterocycles.